The molecule has 0 saturated heterocycles. The zero-order chi connectivity index (χ0) is 8.48. The van der Waals surface area contributed by atoms with Gasteiger partial charge in [-0.3, -0.25) is 0 Å². The predicted octanol–water partition coefficient (Wildman–Crippen LogP) is -0.200. The molecule has 0 spiro atoms. The minimum absolute atomic E-state index is 0.640. The van der Waals surface area contributed by atoms with Gasteiger partial charge in [0.25, 0.3) is 0 Å². The van der Waals surface area contributed by atoms with Crippen molar-refractivity contribution in [2.75, 3.05) is 7.05 Å². The van der Waals surface area contributed by atoms with Crippen molar-refractivity contribution in [2.45, 2.75) is 0 Å². The van der Waals surface area contributed by atoms with Gasteiger partial charge in [-0.25, -0.2) is 13.7 Å². The maximum atomic E-state index is 11.0. The Bertz CT molecular complexity index is 344. The number of aromatic nitrogens is 2. The molecule has 1 rings (SSSR count). The molecule has 0 amide bonds. The third kappa shape index (κ3) is 1.91. The molecule has 0 radical (unpaired) electrons. The van der Waals surface area contributed by atoms with Crippen LogP contribution < -0.4 is 4.72 Å². The third-order valence-corrected chi connectivity index (χ3v) is 2.89. The van der Waals surface area contributed by atoms with Crippen molar-refractivity contribution < 1.29 is 8.42 Å². The maximum Gasteiger partial charge on any atom is 0.305 e. The number of halogens is 1. The molecule has 0 aliphatic heterocycles. The van der Waals surface area contributed by atoms with Gasteiger partial charge in [-0.15, -0.1) is 0 Å². The van der Waals surface area contributed by atoms with Crippen LogP contribution in [0.2, 0.25) is 0 Å². The van der Waals surface area contributed by atoms with Crippen molar-refractivity contribution >= 4 is 32.8 Å². The zero-order valence-corrected chi connectivity index (χ0v) is 8.63. The van der Waals surface area contributed by atoms with Crippen LogP contribution in [-0.2, 0) is 10.2 Å². The van der Waals surface area contributed by atoms with Gasteiger partial charge in [0.1, 0.15) is 10.0 Å². The Morgan fingerprint density at radius 3 is 2.73 bits per heavy atom. The molecule has 0 aliphatic carbocycles. The SMILES string of the molecule is CNS(=O)(=O)n1cnc(I)c1. The van der Waals surface area contributed by atoms with E-state index in [0.29, 0.717) is 3.70 Å². The normalized spacial score (nSPS) is 11.8. The van der Waals surface area contributed by atoms with Crippen LogP contribution in [0.25, 0.3) is 0 Å². The second-order valence-electron chi connectivity index (χ2n) is 1.74. The Labute approximate surface area is 78.1 Å². The first-order chi connectivity index (χ1) is 5.06. The molecule has 0 saturated carbocycles. The molecule has 5 nitrogen and oxygen atoms in total. The van der Waals surface area contributed by atoms with Gasteiger partial charge in [0.2, 0.25) is 0 Å². The fourth-order valence-electron chi connectivity index (χ4n) is 0.521. The fraction of sp³-hybridized carbons (Fsp3) is 0.250. The molecule has 1 aromatic rings. The van der Waals surface area contributed by atoms with E-state index in [0.717, 1.165) is 3.97 Å². The predicted molar refractivity (Wildman–Crippen MR) is 48.3 cm³/mol. The molecule has 62 valence electrons. The van der Waals surface area contributed by atoms with Crippen molar-refractivity contribution in [1.29, 1.82) is 0 Å². The minimum Gasteiger partial charge on any atom is -0.230 e. The lowest BCUT2D eigenvalue weighted by molar-refractivity contribution is 0.579. The molecule has 0 aliphatic rings. The van der Waals surface area contributed by atoms with Gasteiger partial charge in [0.15, 0.2) is 0 Å². The van der Waals surface area contributed by atoms with Crippen LogP contribution in [0.1, 0.15) is 0 Å². The Kier molecular flexibility index (Phi) is 2.50. The summed E-state index contributed by atoms with van der Waals surface area (Å²) < 4.78 is 25.9. The average Bonchev–Trinajstić information content (AvgIpc) is 2.36. The number of nitrogens with one attached hydrogen (secondary N) is 1. The second-order valence-corrected chi connectivity index (χ2v) is 4.62. The fourth-order valence-corrected chi connectivity index (χ4v) is 1.75. The van der Waals surface area contributed by atoms with Gasteiger partial charge in [0.05, 0.1) is 6.20 Å². The molecule has 1 aromatic heterocycles. The first-order valence-corrected chi connectivity index (χ1v) is 5.21. The number of imidazole rings is 1. The molecule has 11 heavy (non-hydrogen) atoms. The van der Waals surface area contributed by atoms with Crippen molar-refractivity contribution in [1.82, 2.24) is 13.7 Å². The standard InChI is InChI=1S/C4H6IN3O2S/c1-6-11(9,10)8-2-4(5)7-3-8/h2-3,6H,1H3. The van der Waals surface area contributed by atoms with Gasteiger partial charge in [-0.2, -0.15) is 8.42 Å². The Balaban J connectivity index is 3.13. The second kappa shape index (κ2) is 3.07. The highest BCUT2D eigenvalue weighted by atomic mass is 127. The summed E-state index contributed by atoms with van der Waals surface area (Å²) in [7, 11) is -2.03. The van der Waals surface area contributed by atoms with E-state index in [-0.39, 0.29) is 0 Å². The summed E-state index contributed by atoms with van der Waals surface area (Å²) in [6.07, 6.45) is 2.67. The first-order valence-electron chi connectivity index (χ1n) is 2.70. The summed E-state index contributed by atoms with van der Waals surface area (Å²) in [6, 6.07) is 0. The highest BCUT2D eigenvalue weighted by molar-refractivity contribution is 14.1. The van der Waals surface area contributed by atoms with Crippen molar-refractivity contribution in [3.63, 3.8) is 0 Å². The highest BCUT2D eigenvalue weighted by Gasteiger charge is 2.08. The molecule has 1 heterocycles. The van der Waals surface area contributed by atoms with Crippen LogP contribution in [-0.4, -0.2) is 24.4 Å². The smallest absolute Gasteiger partial charge is 0.230 e. The van der Waals surface area contributed by atoms with E-state index in [1.807, 2.05) is 22.6 Å². The Hall–Kier alpha value is -0.150. The van der Waals surface area contributed by atoms with Crippen LogP contribution in [0, 0.1) is 3.70 Å². The summed E-state index contributed by atoms with van der Waals surface area (Å²) in [5, 5.41) is 0. The summed E-state index contributed by atoms with van der Waals surface area (Å²) in [4.78, 5) is 3.76. The van der Waals surface area contributed by atoms with E-state index in [4.69, 9.17) is 0 Å². The van der Waals surface area contributed by atoms with Gasteiger partial charge < -0.3 is 0 Å². The zero-order valence-electron chi connectivity index (χ0n) is 5.65. The Morgan fingerprint density at radius 1 is 1.73 bits per heavy atom. The largest absolute Gasteiger partial charge is 0.305 e. The van der Waals surface area contributed by atoms with Crippen LogP contribution in [0.15, 0.2) is 12.5 Å². The molecule has 7 heteroatoms. The van der Waals surface area contributed by atoms with E-state index in [9.17, 15) is 8.42 Å². The molecule has 0 bridgehead atoms. The molecular formula is C4H6IN3O2S. The molecular weight excluding hydrogens is 281 g/mol. The lowest BCUT2D eigenvalue weighted by Gasteiger charge is -1.99. The summed E-state index contributed by atoms with van der Waals surface area (Å²) in [5.74, 6) is 0. The van der Waals surface area contributed by atoms with Crippen molar-refractivity contribution in [3.05, 3.63) is 16.2 Å². The lowest BCUT2D eigenvalue weighted by Crippen LogP contribution is -2.25. The third-order valence-electron chi connectivity index (χ3n) is 1.06. The number of rotatable bonds is 2. The minimum atomic E-state index is -3.38. The molecule has 0 unspecified atom stereocenters. The average molecular weight is 287 g/mol. The summed E-state index contributed by atoms with van der Waals surface area (Å²) >= 11 is 1.93. The van der Waals surface area contributed by atoms with Gasteiger partial charge in [-0.1, -0.05) is 0 Å². The maximum absolute atomic E-state index is 11.0. The van der Waals surface area contributed by atoms with E-state index in [1.165, 1.54) is 19.6 Å². The topological polar surface area (TPSA) is 64.0 Å². The van der Waals surface area contributed by atoms with Crippen molar-refractivity contribution in [3.8, 4) is 0 Å². The van der Waals surface area contributed by atoms with Crippen LogP contribution in [0.4, 0.5) is 0 Å². The summed E-state index contributed by atoms with van der Waals surface area (Å²) in [6.45, 7) is 0. The molecule has 1 N–H and O–H groups in total. The quantitative estimate of drug-likeness (QED) is 0.766. The number of nitrogens with zero attached hydrogens (tertiary/aromatic N) is 2. The van der Waals surface area contributed by atoms with E-state index in [1.54, 1.807) is 0 Å². The Morgan fingerprint density at radius 2 is 2.36 bits per heavy atom. The monoisotopic (exact) mass is 287 g/mol. The number of hydrogen-bond acceptors (Lipinski definition) is 3. The van der Waals surface area contributed by atoms with Crippen LogP contribution in [0.3, 0.4) is 0 Å². The summed E-state index contributed by atoms with van der Waals surface area (Å²) in [5.41, 5.74) is 0. The van der Waals surface area contributed by atoms with Gasteiger partial charge in [0, 0.05) is 7.05 Å². The van der Waals surface area contributed by atoms with Crippen LogP contribution in [0.5, 0.6) is 0 Å². The highest BCUT2D eigenvalue weighted by Crippen LogP contribution is 2.01. The van der Waals surface area contributed by atoms with E-state index < -0.39 is 10.2 Å². The van der Waals surface area contributed by atoms with Crippen LogP contribution >= 0.6 is 22.6 Å². The van der Waals surface area contributed by atoms with E-state index >= 15 is 0 Å². The molecule has 0 atom stereocenters. The first kappa shape index (κ1) is 8.94. The van der Waals surface area contributed by atoms with Gasteiger partial charge >= 0.3 is 10.2 Å². The molecule has 0 fully saturated rings. The van der Waals surface area contributed by atoms with Gasteiger partial charge in [-0.05, 0) is 22.6 Å². The lowest BCUT2D eigenvalue weighted by atomic mass is 11.0. The van der Waals surface area contributed by atoms with Crippen molar-refractivity contribution in [2.24, 2.45) is 0 Å². The molecule has 0 aromatic carbocycles. The number of hydrogen-bond donors (Lipinski definition) is 1. The van der Waals surface area contributed by atoms with E-state index in [2.05, 4.69) is 9.71 Å².